The molecule has 0 aromatic heterocycles. The van der Waals surface area contributed by atoms with Crippen molar-refractivity contribution < 1.29 is 15.0 Å². The topological polar surface area (TPSA) is 81.6 Å². The maximum atomic E-state index is 12.1. The average molecular weight is 414 g/mol. The fourth-order valence-electron chi connectivity index (χ4n) is 2.20. The molecule has 1 amide bonds. The molecule has 0 radical (unpaired) electrons. The van der Waals surface area contributed by atoms with E-state index in [-0.39, 0.29) is 21.9 Å². The van der Waals surface area contributed by atoms with Crippen molar-refractivity contribution in [3.63, 3.8) is 0 Å². The van der Waals surface area contributed by atoms with E-state index in [1.54, 1.807) is 24.3 Å². The minimum absolute atomic E-state index is 0.0983. The number of fused-ring (bicyclic) bond motifs is 1. The molecule has 2 aromatic rings. The molecule has 21 heavy (non-hydrogen) atoms. The largest absolute Gasteiger partial charge is 0.506 e. The molecular formula is C14H10Br2N2O3. The molecule has 0 saturated heterocycles. The minimum atomic E-state index is -0.597. The number of amides is 1. The van der Waals surface area contributed by atoms with Gasteiger partial charge in [-0.25, -0.2) is 0 Å². The third-order valence-electron chi connectivity index (χ3n) is 3.26. The fraction of sp³-hybridized carbons (Fsp3) is 0.0714. The lowest BCUT2D eigenvalue weighted by Gasteiger charge is -2.29. The lowest BCUT2D eigenvalue weighted by Crippen LogP contribution is -2.38. The highest BCUT2D eigenvalue weighted by Gasteiger charge is 2.28. The summed E-state index contributed by atoms with van der Waals surface area (Å²) >= 11 is 6.34. The summed E-state index contributed by atoms with van der Waals surface area (Å²) in [7, 11) is 0. The smallest absolute Gasteiger partial charge is 0.255 e. The van der Waals surface area contributed by atoms with Crippen LogP contribution in [0.25, 0.3) is 0 Å². The van der Waals surface area contributed by atoms with Gasteiger partial charge in [0, 0.05) is 11.3 Å². The van der Waals surface area contributed by atoms with Crippen LogP contribution in [0.3, 0.4) is 0 Å². The van der Waals surface area contributed by atoms with Gasteiger partial charge in [0.15, 0.2) is 0 Å². The Kier molecular flexibility index (Phi) is 3.54. The standard InChI is InChI=1S/C14H10Br2N2O3/c15-8-5-7(11(19)10(16)12(8)20)13-17-9-4-2-1-3-6(9)14(21)18-13/h1-5,13,17,19-20H,(H,18,21)/t13-/m0/s1. The first-order valence-electron chi connectivity index (χ1n) is 6.05. The first-order valence-corrected chi connectivity index (χ1v) is 7.64. The minimum Gasteiger partial charge on any atom is -0.506 e. The van der Waals surface area contributed by atoms with Gasteiger partial charge in [0.25, 0.3) is 5.91 Å². The Bertz CT molecular complexity index is 749. The summed E-state index contributed by atoms with van der Waals surface area (Å²) in [6, 6.07) is 8.68. The molecule has 7 heteroatoms. The number of anilines is 1. The van der Waals surface area contributed by atoms with Crippen molar-refractivity contribution in [1.82, 2.24) is 5.32 Å². The van der Waals surface area contributed by atoms with Crippen molar-refractivity contribution in [3.05, 3.63) is 50.4 Å². The zero-order chi connectivity index (χ0) is 15.1. The monoisotopic (exact) mass is 412 g/mol. The summed E-state index contributed by atoms with van der Waals surface area (Å²) in [5, 5.41) is 25.8. The van der Waals surface area contributed by atoms with Crippen LogP contribution >= 0.6 is 31.9 Å². The van der Waals surface area contributed by atoms with Crippen molar-refractivity contribution in [3.8, 4) is 11.5 Å². The van der Waals surface area contributed by atoms with E-state index in [0.29, 0.717) is 21.3 Å². The molecule has 2 aromatic carbocycles. The molecule has 4 N–H and O–H groups in total. The molecular weight excluding hydrogens is 404 g/mol. The van der Waals surface area contributed by atoms with Crippen LogP contribution in [-0.2, 0) is 0 Å². The van der Waals surface area contributed by atoms with Crippen LogP contribution in [-0.4, -0.2) is 16.1 Å². The van der Waals surface area contributed by atoms with Crippen molar-refractivity contribution in [2.45, 2.75) is 6.17 Å². The van der Waals surface area contributed by atoms with Crippen LogP contribution in [0, 0.1) is 0 Å². The second kappa shape index (κ2) is 5.23. The number of halogens is 2. The van der Waals surface area contributed by atoms with Crippen molar-refractivity contribution in [1.29, 1.82) is 0 Å². The van der Waals surface area contributed by atoms with E-state index in [1.165, 1.54) is 0 Å². The molecule has 1 atom stereocenters. The number of aromatic hydroxyl groups is 2. The third kappa shape index (κ3) is 2.36. The van der Waals surface area contributed by atoms with Gasteiger partial charge in [0.2, 0.25) is 0 Å². The van der Waals surface area contributed by atoms with E-state index in [1.807, 2.05) is 6.07 Å². The van der Waals surface area contributed by atoms with E-state index in [2.05, 4.69) is 42.5 Å². The van der Waals surface area contributed by atoms with Crippen LogP contribution < -0.4 is 10.6 Å². The Hall–Kier alpha value is -1.73. The van der Waals surface area contributed by atoms with Gasteiger partial charge >= 0.3 is 0 Å². The molecule has 108 valence electrons. The highest BCUT2D eigenvalue weighted by molar-refractivity contribution is 9.11. The molecule has 0 bridgehead atoms. The first-order chi connectivity index (χ1) is 9.99. The van der Waals surface area contributed by atoms with Crippen LogP contribution in [0.1, 0.15) is 22.1 Å². The predicted molar refractivity (Wildman–Crippen MR) is 85.4 cm³/mol. The third-order valence-corrected chi connectivity index (χ3v) is 4.61. The summed E-state index contributed by atoms with van der Waals surface area (Å²) in [6.45, 7) is 0. The number of phenols is 2. The molecule has 0 fully saturated rings. The van der Waals surface area contributed by atoms with Gasteiger partial charge in [-0.15, -0.1) is 0 Å². The second-order valence-electron chi connectivity index (χ2n) is 4.56. The number of para-hydroxylation sites is 1. The van der Waals surface area contributed by atoms with E-state index in [9.17, 15) is 15.0 Å². The summed E-state index contributed by atoms with van der Waals surface area (Å²) in [4.78, 5) is 12.1. The van der Waals surface area contributed by atoms with Crippen LogP contribution in [0.5, 0.6) is 11.5 Å². The van der Waals surface area contributed by atoms with Gasteiger partial charge in [-0.2, -0.15) is 0 Å². The molecule has 0 saturated carbocycles. The molecule has 5 nitrogen and oxygen atoms in total. The molecule has 0 unspecified atom stereocenters. The molecule has 0 spiro atoms. The Balaban J connectivity index is 2.06. The van der Waals surface area contributed by atoms with Crippen molar-refractivity contribution in [2.75, 3.05) is 5.32 Å². The number of nitrogens with one attached hydrogen (secondary N) is 2. The number of rotatable bonds is 1. The van der Waals surface area contributed by atoms with Gasteiger partial charge in [-0.3, -0.25) is 4.79 Å². The zero-order valence-electron chi connectivity index (χ0n) is 10.5. The zero-order valence-corrected chi connectivity index (χ0v) is 13.7. The van der Waals surface area contributed by atoms with E-state index in [4.69, 9.17) is 0 Å². The second-order valence-corrected chi connectivity index (χ2v) is 6.20. The van der Waals surface area contributed by atoms with E-state index < -0.39 is 6.17 Å². The Morgan fingerprint density at radius 3 is 2.52 bits per heavy atom. The summed E-state index contributed by atoms with van der Waals surface area (Å²) in [5.74, 6) is -0.458. The van der Waals surface area contributed by atoms with Crippen molar-refractivity contribution in [2.24, 2.45) is 0 Å². The normalized spacial score (nSPS) is 16.9. The molecule has 1 aliphatic rings. The average Bonchev–Trinajstić information content (AvgIpc) is 2.49. The predicted octanol–water partition coefficient (Wildman–Crippen LogP) is 3.48. The Labute approximate surface area is 137 Å². The number of carbonyl (C=O) groups excluding carboxylic acids is 1. The van der Waals surface area contributed by atoms with Crippen LogP contribution in [0.15, 0.2) is 39.3 Å². The lowest BCUT2D eigenvalue weighted by molar-refractivity contribution is 0.0935. The highest BCUT2D eigenvalue weighted by atomic mass is 79.9. The van der Waals surface area contributed by atoms with Crippen molar-refractivity contribution >= 4 is 43.5 Å². The molecule has 1 heterocycles. The van der Waals surface area contributed by atoms with E-state index >= 15 is 0 Å². The highest BCUT2D eigenvalue weighted by Crippen LogP contribution is 2.44. The molecule has 3 rings (SSSR count). The number of hydrogen-bond donors (Lipinski definition) is 4. The lowest BCUT2D eigenvalue weighted by atomic mass is 10.0. The fourth-order valence-corrected chi connectivity index (χ4v) is 3.35. The Morgan fingerprint density at radius 2 is 1.76 bits per heavy atom. The van der Waals surface area contributed by atoms with E-state index in [0.717, 1.165) is 0 Å². The molecule has 1 aliphatic heterocycles. The maximum Gasteiger partial charge on any atom is 0.255 e. The number of benzene rings is 2. The number of carbonyl (C=O) groups is 1. The first kappa shape index (κ1) is 14.2. The summed E-state index contributed by atoms with van der Waals surface area (Å²) < 4.78 is 0.582. The Morgan fingerprint density at radius 1 is 1.05 bits per heavy atom. The van der Waals surface area contributed by atoms with Gasteiger partial charge in [-0.05, 0) is 50.1 Å². The summed E-state index contributed by atoms with van der Waals surface area (Å²) in [5.41, 5.74) is 1.67. The number of hydrogen-bond acceptors (Lipinski definition) is 4. The SMILES string of the molecule is O=C1N[C@@H](c2cc(Br)c(O)c(Br)c2O)Nc2ccccc21. The molecule has 0 aliphatic carbocycles. The maximum absolute atomic E-state index is 12.1. The van der Waals surface area contributed by atoms with Gasteiger partial charge in [0.1, 0.15) is 22.1 Å². The van der Waals surface area contributed by atoms with Crippen LogP contribution in [0.2, 0.25) is 0 Å². The van der Waals surface area contributed by atoms with Gasteiger partial charge in [-0.1, -0.05) is 12.1 Å². The number of phenolic OH excluding ortho intramolecular Hbond substituents is 2. The van der Waals surface area contributed by atoms with Gasteiger partial charge in [0.05, 0.1) is 10.0 Å². The summed E-state index contributed by atoms with van der Waals surface area (Å²) in [6.07, 6.45) is -0.597. The van der Waals surface area contributed by atoms with Gasteiger partial charge < -0.3 is 20.8 Å². The van der Waals surface area contributed by atoms with Crippen LogP contribution in [0.4, 0.5) is 5.69 Å². The quantitative estimate of drug-likeness (QED) is 0.576.